The number of hydrogen-bond acceptors (Lipinski definition) is 5. The highest BCUT2D eigenvalue weighted by molar-refractivity contribution is 8.07. The summed E-state index contributed by atoms with van der Waals surface area (Å²) in [6.07, 6.45) is 0. The molecule has 0 unspecified atom stereocenters. The van der Waals surface area contributed by atoms with Crippen molar-refractivity contribution in [2.24, 2.45) is 0 Å². The molecule has 0 aliphatic heterocycles. The Kier molecular flexibility index (Phi) is 5.87. The van der Waals surface area contributed by atoms with Crippen molar-refractivity contribution >= 4 is 24.5 Å². The van der Waals surface area contributed by atoms with Gasteiger partial charge in [0.1, 0.15) is 0 Å². The van der Waals surface area contributed by atoms with Crippen LogP contribution in [0, 0.1) is 5.82 Å². The zero-order chi connectivity index (χ0) is 14.5. The van der Waals surface area contributed by atoms with E-state index in [9.17, 15) is 9.18 Å². The molecule has 0 saturated carbocycles. The molecule has 1 rings (SSSR count). The van der Waals surface area contributed by atoms with Crippen LogP contribution in [0.1, 0.15) is 24.2 Å². The maximum Gasteiger partial charge on any atom is 0.380 e. The van der Waals surface area contributed by atoms with Gasteiger partial charge in [0, 0.05) is 11.8 Å². The molecule has 0 radical (unpaired) electrons. The largest absolute Gasteiger partial charge is 0.478 e. The van der Waals surface area contributed by atoms with Gasteiger partial charge in [-0.15, -0.1) is 0 Å². The zero-order valence-electron chi connectivity index (χ0n) is 10.5. The minimum Gasteiger partial charge on any atom is -0.478 e. The molecule has 0 spiro atoms. The standard InChI is InChI=1S/C11H14FO5PS/c1-3-15-18(19,16-4-2)17-10-7-8(11(13)14)5-6-9(10)12/h5-7H,3-4H2,1-2H3,(H,13,14). The van der Waals surface area contributed by atoms with Gasteiger partial charge in [-0.1, -0.05) is 0 Å². The lowest BCUT2D eigenvalue weighted by molar-refractivity contribution is 0.0696. The van der Waals surface area contributed by atoms with Gasteiger partial charge in [0.15, 0.2) is 11.6 Å². The van der Waals surface area contributed by atoms with Crippen LogP contribution < -0.4 is 4.52 Å². The zero-order valence-corrected chi connectivity index (χ0v) is 12.2. The molecule has 1 N–H and O–H groups in total. The molecule has 0 saturated heterocycles. The Morgan fingerprint density at radius 2 is 1.95 bits per heavy atom. The summed E-state index contributed by atoms with van der Waals surface area (Å²) in [6.45, 7) is 0.781. The Morgan fingerprint density at radius 1 is 1.37 bits per heavy atom. The second kappa shape index (κ2) is 6.96. The van der Waals surface area contributed by atoms with Gasteiger partial charge in [0.05, 0.1) is 18.8 Å². The van der Waals surface area contributed by atoms with E-state index in [4.69, 9.17) is 30.5 Å². The summed E-state index contributed by atoms with van der Waals surface area (Å²) in [4.78, 5) is 10.8. The lowest BCUT2D eigenvalue weighted by atomic mass is 10.2. The van der Waals surface area contributed by atoms with Gasteiger partial charge in [0.2, 0.25) is 0 Å². The Balaban J connectivity index is 3.05. The summed E-state index contributed by atoms with van der Waals surface area (Å²) >= 11 is 5.08. The van der Waals surface area contributed by atoms with Crippen LogP contribution in [0.5, 0.6) is 5.75 Å². The molecule has 1 aromatic carbocycles. The van der Waals surface area contributed by atoms with Crippen molar-refractivity contribution in [1.29, 1.82) is 0 Å². The van der Waals surface area contributed by atoms with Crippen molar-refractivity contribution in [3.05, 3.63) is 29.6 Å². The molecular formula is C11H14FO5PS. The van der Waals surface area contributed by atoms with E-state index in [0.717, 1.165) is 18.2 Å². The smallest absolute Gasteiger partial charge is 0.380 e. The van der Waals surface area contributed by atoms with Gasteiger partial charge in [-0.2, -0.15) is 0 Å². The fraction of sp³-hybridized carbons (Fsp3) is 0.364. The highest BCUT2D eigenvalue weighted by atomic mass is 32.5. The van der Waals surface area contributed by atoms with E-state index in [2.05, 4.69) is 0 Å². The molecule has 19 heavy (non-hydrogen) atoms. The first-order valence-electron chi connectivity index (χ1n) is 5.53. The molecule has 8 heteroatoms. The van der Waals surface area contributed by atoms with E-state index in [0.29, 0.717) is 0 Å². The summed E-state index contributed by atoms with van der Waals surface area (Å²) in [5.74, 6) is -2.20. The van der Waals surface area contributed by atoms with Crippen molar-refractivity contribution in [3.63, 3.8) is 0 Å². The average Bonchev–Trinajstić information content (AvgIpc) is 2.32. The second-order valence-corrected chi connectivity index (χ2v) is 6.26. The predicted molar refractivity (Wildman–Crippen MR) is 71.5 cm³/mol. The lowest BCUT2D eigenvalue weighted by Crippen LogP contribution is -2.04. The first-order chi connectivity index (χ1) is 8.91. The lowest BCUT2D eigenvalue weighted by Gasteiger charge is -2.21. The van der Waals surface area contributed by atoms with E-state index < -0.39 is 18.5 Å². The van der Waals surface area contributed by atoms with Gasteiger partial charge >= 0.3 is 12.7 Å². The SMILES string of the molecule is CCOP(=S)(OCC)Oc1cc(C(=O)O)ccc1F. The molecule has 0 amide bonds. The van der Waals surface area contributed by atoms with Crippen LogP contribution in [0.3, 0.4) is 0 Å². The summed E-state index contributed by atoms with van der Waals surface area (Å²) < 4.78 is 29.2. The van der Waals surface area contributed by atoms with E-state index in [1.807, 2.05) is 0 Å². The third-order valence-electron chi connectivity index (χ3n) is 1.96. The number of carboxylic acid groups (broad SMARTS) is 1. The van der Waals surface area contributed by atoms with E-state index in [1.54, 1.807) is 13.8 Å². The average molecular weight is 308 g/mol. The van der Waals surface area contributed by atoms with Gasteiger partial charge in [-0.3, -0.25) is 9.05 Å². The molecule has 0 aliphatic carbocycles. The van der Waals surface area contributed by atoms with Gasteiger partial charge in [0.25, 0.3) is 0 Å². The summed E-state index contributed by atoms with van der Waals surface area (Å²) in [7, 11) is 0. The molecule has 0 fully saturated rings. The molecule has 0 aromatic heterocycles. The Hall–Kier alpha value is -1.01. The first kappa shape index (κ1) is 16.0. The monoisotopic (exact) mass is 308 g/mol. The Morgan fingerprint density at radius 3 is 2.42 bits per heavy atom. The molecule has 0 heterocycles. The topological polar surface area (TPSA) is 65.0 Å². The quantitative estimate of drug-likeness (QED) is 0.780. The highest BCUT2D eigenvalue weighted by Gasteiger charge is 2.23. The van der Waals surface area contributed by atoms with E-state index in [-0.39, 0.29) is 24.5 Å². The summed E-state index contributed by atoms with van der Waals surface area (Å²) in [6, 6.07) is 3.18. The maximum absolute atomic E-state index is 13.6. The van der Waals surface area contributed by atoms with Crippen molar-refractivity contribution in [1.82, 2.24) is 0 Å². The Bertz CT molecular complexity index is 498. The first-order valence-corrected chi connectivity index (χ1v) is 8.09. The molecule has 5 nitrogen and oxygen atoms in total. The number of carbonyl (C=O) groups is 1. The van der Waals surface area contributed by atoms with Crippen molar-refractivity contribution in [2.75, 3.05) is 13.2 Å². The summed E-state index contributed by atoms with van der Waals surface area (Å²) in [5, 5.41) is 8.85. The maximum atomic E-state index is 13.6. The highest BCUT2D eigenvalue weighted by Crippen LogP contribution is 2.50. The van der Waals surface area contributed by atoms with Crippen LogP contribution in [0.15, 0.2) is 18.2 Å². The number of rotatable bonds is 7. The van der Waals surface area contributed by atoms with Crippen molar-refractivity contribution in [2.45, 2.75) is 13.8 Å². The summed E-state index contributed by atoms with van der Waals surface area (Å²) in [5.41, 5.74) is -0.106. The van der Waals surface area contributed by atoms with Crippen LogP contribution in [0.4, 0.5) is 4.39 Å². The molecule has 1 aromatic rings. The number of carboxylic acids is 1. The number of benzene rings is 1. The number of halogens is 1. The van der Waals surface area contributed by atoms with E-state index >= 15 is 0 Å². The van der Waals surface area contributed by atoms with Crippen LogP contribution in [-0.4, -0.2) is 24.3 Å². The third kappa shape index (κ3) is 4.54. The fourth-order valence-corrected chi connectivity index (χ4v) is 3.30. The van der Waals surface area contributed by atoms with Crippen molar-refractivity contribution < 1.29 is 27.9 Å². The molecule has 0 bridgehead atoms. The molecular weight excluding hydrogens is 294 g/mol. The second-order valence-electron chi connectivity index (χ2n) is 3.32. The number of aromatic carboxylic acids is 1. The minimum absolute atomic E-state index is 0.106. The molecule has 106 valence electrons. The minimum atomic E-state index is -3.12. The van der Waals surface area contributed by atoms with Crippen LogP contribution in [-0.2, 0) is 20.9 Å². The van der Waals surface area contributed by atoms with Gasteiger partial charge in [-0.05, 0) is 32.0 Å². The van der Waals surface area contributed by atoms with E-state index in [1.165, 1.54) is 0 Å². The van der Waals surface area contributed by atoms with Gasteiger partial charge in [-0.25, -0.2) is 9.18 Å². The van der Waals surface area contributed by atoms with Crippen LogP contribution in [0.25, 0.3) is 0 Å². The van der Waals surface area contributed by atoms with Crippen LogP contribution >= 0.6 is 6.72 Å². The Labute approximate surface area is 115 Å². The predicted octanol–water partition coefficient (Wildman–Crippen LogP) is 3.20. The third-order valence-corrected chi connectivity index (χ3v) is 4.39. The normalized spacial score (nSPS) is 11.3. The fourth-order valence-electron chi connectivity index (χ4n) is 1.23. The molecule has 0 atom stereocenters. The van der Waals surface area contributed by atoms with Crippen LogP contribution in [0.2, 0.25) is 0 Å². The van der Waals surface area contributed by atoms with Gasteiger partial charge < -0.3 is 9.63 Å². The molecule has 0 aliphatic rings. The van der Waals surface area contributed by atoms with Crippen molar-refractivity contribution in [3.8, 4) is 5.75 Å². The number of hydrogen-bond donors (Lipinski definition) is 1.